The second kappa shape index (κ2) is 10.5. The molecule has 1 aromatic heterocycles. The number of aromatic nitrogens is 2. The number of nitrogens with one attached hydrogen (secondary N) is 1. The summed E-state index contributed by atoms with van der Waals surface area (Å²) in [5.74, 6) is 0.788. The number of hydrogen-bond acceptors (Lipinski definition) is 6. The van der Waals surface area contributed by atoms with Crippen LogP contribution in [0.3, 0.4) is 0 Å². The van der Waals surface area contributed by atoms with E-state index in [4.69, 9.17) is 4.42 Å². The molecule has 182 valence electrons. The van der Waals surface area contributed by atoms with Gasteiger partial charge in [0.25, 0.3) is 5.91 Å². The van der Waals surface area contributed by atoms with E-state index in [1.165, 1.54) is 0 Å². The molecule has 8 nitrogen and oxygen atoms in total. The standard InChI is InChI=1S/C28H27N5O3/c1-20-7-9-21(10-8-20)26-30-31-27(36-26)22-11-13-23(14-12-22)28(35)33-17-15-32(16-18-33)19-25(34)29-24-5-3-2-4-6-24/h2-14H,15-19H2,1H3,(H,29,34). The molecule has 0 saturated carbocycles. The summed E-state index contributed by atoms with van der Waals surface area (Å²) >= 11 is 0. The van der Waals surface area contributed by atoms with Gasteiger partial charge in [0.1, 0.15) is 0 Å². The molecule has 1 aliphatic heterocycles. The fraction of sp³-hybridized carbons (Fsp3) is 0.214. The minimum Gasteiger partial charge on any atom is -0.416 e. The quantitative estimate of drug-likeness (QED) is 0.446. The molecule has 3 aromatic carbocycles. The number of carbonyl (C=O) groups is 2. The van der Waals surface area contributed by atoms with Crippen molar-refractivity contribution in [1.29, 1.82) is 0 Å². The van der Waals surface area contributed by atoms with Crippen molar-refractivity contribution in [2.45, 2.75) is 6.92 Å². The summed E-state index contributed by atoms with van der Waals surface area (Å²) in [6.45, 7) is 4.77. The molecule has 2 amide bonds. The molecule has 0 unspecified atom stereocenters. The van der Waals surface area contributed by atoms with Crippen LogP contribution in [0.4, 0.5) is 5.69 Å². The highest BCUT2D eigenvalue weighted by Crippen LogP contribution is 2.24. The van der Waals surface area contributed by atoms with Crippen LogP contribution in [0, 0.1) is 6.92 Å². The Morgan fingerprint density at radius 3 is 2.00 bits per heavy atom. The Hall–Kier alpha value is -4.30. The Morgan fingerprint density at radius 1 is 0.806 bits per heavy atom. The normalized spacial score (nSPS) is 14.0. The van der Waals surface area contributed by atoms with Gasteiger partial charge in [-0.3, -0.25) is 14.5 Å². The van der Waals surface area contributed by atoms with Crippen LogP contribution in [0.5, 0.6) is 0 Å². The van der Waals surface area contributed by atoms with Crippen molar-refractivity contribution in [3.8, 4) is 22.9 Å². The number of carbonyl (C=O) groups excluding carboxylic acids is 2. The molecule has 0 aliphatic carbocycles. The molecule has 5 rings (SSSR count). The van der Waals surface area contributed by atoms with Crippen LogP contribution in [0.25, 0.3) is 22.9 Å². The molecule has 0 atom stereocenters. The van der Waals surface area contributed by atoms with E-state index in [9.17, 15) is 9.59 Å². The summed E-state index contributed by atoms with van der Waals surface area (Å²) in [4.78, 5) is 29.2. The summed E-state index contributed by atoms with van der Waals surface area (Å²) in [7, 11) is 0. The molecule has 0 bridgehead atoms. The molecule has 36 heavy (non-hydrogen) atoms. The molecule has 2 heterocycles. The highest BCUT2D eigenvalue weighted by atomic mass is 16.4. The van der Waals surface area contributed by atoms with Gasteiger partial charge in [0.2, 0.25) is 17.7 Å². The molecular formula is C28H27N5O3. The SMILES string of the molecule is Cc1ccc(-c2nnc(-c3ccc(C(=O)N4CCN(CC(=O)Nc5ccccc5)CC4)cc3)o2)cc1. The molecule has 4 aromatic rings. The number of para-hydroxylation sites is 1. The minimum atomic E-state index is -0.0527. The van der Waals surface area contributed by atoms with Crippen molar-refractivity contribution in [2.24, 2.45) is 0 Å². The number of hydrogen-bond donors (Lipinski definition) is 1. The number of rotatable bonds is 6. The third-order valence-corrected chi connectivity index (χ3v) is 6.19. The zero-order chi connectivity index (χ0) is 24.9. The third kappa shape index (κ3) is 5.50. The lowest BCUT2D eigenvalue weighted by Crippen LogP contribution is -2.50. The first-order valence-corrected chi connectivity index (χ1v) is 11.9. The predicted octanol–water partition coefficient (Wildman–Crippen LogP) is 4.11. The smallest absolute Gasteiger partial charge is 0.253 e. The third-order valence-electron chi connectivity index (χ3n) is 6.19. The van der Waals surface area contributed by atoms with E-state index >= 15 is 0 Å². The van der Waals surface area contributed by atoms with Crippen LogP contribution in [0.15, 0.2) is 83.3 Å². The number of nitrogens with zero attached hydrogens (tertiary/aromatic N) is 4. The van der Waals surface area contributed by atoms with Crippen molar-refractivity contribution in [3.63, 3.8) is 0 Å². The lowest BCUT2D eigenvalue weighted by atomic mass is 10.1. The first kappa shape index (κ1) is 23.4. The van der Waals surface area contributed by atoms with Crippen molar-refractivity contribution < 1.29 is 14.0 Å². The van der Waals surface area contributed by atoms with Crippen LogP contribution in [-0.2, 0) is 4.79 Å². The first-order valence-electron chi connectivity index (χ1n) is 11.9. The largest absolute Gasteiger partial charge is 0.416 e. The van der Waals surface area contributed by atoms with Crippen LogP contribution in [-0.4, -0.2) is 64.5 Å². The van der Waals surface area contributed by atoms with Gasteiger partial charge in [0.05, 0.1) is 6.54 Å². The summed E-state index contributed by atoms with van der Waals surface area (Å²) in [5, 5.41) is 11.2. The Balaban J connectivity index is 1.15. The number of amides is 2. The monoisotopic (exact) mass is 481 g/mol. The minimum absolute atomic E-state index is 0.0270. The van der Waals surface area contributed by atoms with Gasteiger partial charge < -0.3 is 14.6 Å². The Bertz CT molecular complexity index is 1330. The maximum absolute atomic E-state index is 13.0. The number of aryl methyl sites for hydroxylation is 1. The molecule has 8 heteroatoms. The zero-order valence-electron chi connectivity index (χ0n) is 20.1. The Labute approximate surface area is 209 Å². The van der Waals surface area contributed by atoms with Crippen molar-refractivity contribution in [1.82, 2.24) is 20.0 Å². The number of anilines is 1. The van der Waals surface area contributed by atoms with Gasteiger partial charge in [-0.15, -0.1) is 10.2 Å². The lowest BCUT2D eigenvalue weighted by Gasteiger charge is -2.34. The van der Waals surface area contributed by atoms with Crippen molar-refractivity contribution >= 4 is 17.5 Å². The highest BCUT2D eigenvalue weighted by molar-refractivity contribution is 5.95. The number of piperazine rings is 1. The molecule has 0 spiro atoms. The maximum Gasteiger partial charge on any atom is 0.253 e. The topological polar surface area (TPSA) is 91.6 Å². The molecule has 0 radical (unpaired) electrons. The fourth-order valence-corrected chi connectivity index (χ4v) is 4.12. The van der Waals surface area contributed by atoms with E-state index in [-0.39, 0.29) is 11.8 Å². The first-order chi connectivity index (χ1) is 17.5. The number of benzene rings is 3. The van der Waals surface area contributed by atoms with Crippen LogP contribution < -0.4 is 5.32 Å². The molecule has 1 N–H and O–H groups in total. The summed E-state index contributed by atoms with van der Waals surface area (Å²) in [5.41, 5.74) is 4.17. The van der Waals surface area contributed by atoms with Crippen LogP contribution in [0.1, 0.15) is 15.9 Å². The average molecular weight is 482 g/mol. The van der Waals surface area contributed by atoms with Crippen molar-refractivity contribution in [2.75, 3.05) is 38.0 Å². The van der Waals surface area contributed by atoms with E-state index in [2.05, 4.69) is 20.4 Å². The summed E-state index contributed by atoms with van der Waals surface area (Å²) in [6.07, 6.45) is 0. The van der Waals surface area contributed by atoms with Gasteiger partial charge in [-0.1, -0.05) is 35.9 Å². The van der Waals surface area contributed by atoms with E-state index < -0.39 is 0 Å². The van der Waals surface area contributed by atoms with Gasteiger partial charge in [0.15, 0.2) is 0 Å². The van der Waals surface area contributed by atoms with Crippen LogP contribution >= 0.6 is 0 Å². The van der Waals surface area contributed by atoms with E-state index in [0.29, 0.717) is 50.1 Å². The zero-order valence-corrected chi connectivity index (χ0v) is 20.1. The summed E-state index contributed by atoms with van der Waals surface area (Å²) < 4.78 is 5.84. The molecule has 1 fully saturated rings. The molecule has 1 aliphatic rings. The van der Waals surface area contributed by atoms with Crippen molar-refractivity contribution in [3.05, 3.63) is 90.0 Å². The van der Waals surface area contributed by atoms with Crippen LogP contribution in [0.2, 0.25) is 0 Å². The Morgan fingerprint density at radius 2 is 1.39 bits per heavy atom. The van der Waals surface area contributed by atoms with E-state index in [1.54, 1.807) is 12.1 Å². The van der Waals surface area contributed by atoms with Gasteiger partial charge in [0, 0.05) is 48.6 Å². The lowest BCUT2D eigenvalue weighted by molar-refractivity contribution is -0.117. The maximum atomic E-state index is 13.0. The fourth-order valence-electron chi connectivity index (χ4n) is 4.12. The molecular weight excluding hydrogens is 454 g/mol. The van der Waals surface area contributed by atoms with Gasteiger partial charge >= 0.3 is 0 Å². The second-order valence-electron chi connectivity index (χ2n) is 8.84. The predicted molar refractivity (Wildman–Crippen MR) is 137 cm³/mol. The van der Waals surface area contributed by atoms with Gasteiger partial charge in [-0.2, -0.15) is 0 Å². The van der Waals surface area contributed by atoms with Gasteiger partial charge in [-0.25, -0.2) is 0 Å². The van der Waals surface area contributed by atoms with Gasteiger partial charge in [-0.05, 0) is 55.5 Å². The average Bonchev–Trinajstić information content (AvgIpc) is 3.40. The Kier molecular flexibility index (Phi) is 6.86. The summed E-state index contributed by atoms with van der Waals surface area (Å²) in [6, 6.07) is 24.5. The highest BCUT2D eigenvalue weighted by Gasteiger charge is 2.23. The second-order valence-corrected chi connectivity index (χ2v) is 8.84. The van der Waals surface area contributed by atoms with E-state index in [1.807, 2.05) is 78.6 Å². The molecule has 1 saturated heterocycles. The van der Waals surface area contributed by atoms with E-state index in [0.717, 1.165) is 22.4 Å².